The van der Waals surface area contributed by atoms with E-state index in [4.69, 9.17) is 4.74 Å². The van der Waals surface area contributed by atoms with Gasteiger partial charge in [-0.25, -0.2) is 8.42 Å². The minimum Gasteiger partial charge on any atom is -0.504 e. The van der Waals surface area contributed by atoms with Crippen molar-refractivity contribution in [2.75, 3.05) is 33.3 Å². The molecule has 0 atom stereocenters. The molecule has 1 fully saturated rings. The number of quaternary nitrogens is 1. The van der Waals surface area contributed by atoms with Crippen LogP contribution in [0.25, 0.3) is 0 Å². The molecule has 2 aromatic carbocycles. The van der Waals surface area contributed by atoms with Gasteiger partial charge >= 0.3 is 0 Å². The van der Waals surface area contributed by atoms with Crippen LogP contribution in [0.5, 0.6) is 11.5 Å². The monoisotopic (exact) mass is 402 g/mol. The molecule has 0 bridgehead atoms. The molecule has 8 heteroatoms. The molecule has 0 radical (unpaired) electrons. The molecule has 0 spiro atoms. The van der Waals surface area contributed by atoms with Crippen molar-refractivity contribution in [1.29, 1.82) is 5.26 Å². The normalized spacial score (nSPS) is 15.9. The molecule has 0 saturated carbocycles. The van der Waals surface area contributed by atoms with Crippen LogP contribution in [-0.4, -0.2) is 51.1 Å². The van der Waals surface area contributed by atoms with Gasteiger partial charge in [-0.1, -0.05) is 12.1 Å². The summed E-state index contributed by atoms with van der Waals surface area (Å²) < 4.78 is 32.5. The Hall–Kier alpha value is -2.60. The van der Waals surface area contributed by atoms with Crippen LogP contribution in [0.2, 0.25) is 0 Å². The Morgan fingerprint density at radius 3 is 2.57 bits per heavy atom. The van der Waals surface area contributed by atoms with Crippen molar-refractivity contribution in [2.45, 2.75) is 18.4 Å². The molecule has 148 valence electrons. The van der Waals surface area contributed by atoms with Crippen molar-refractivity contribution in [2.24, 2.45) is 0 Å². The minimum absolute atomic E-state index is 0.0574. The summed E-state index contributed by atoms with van der Waals surface area (Å²) in [5, 5.41) is 19.6. The molecule has 2 aromatic rings. The summed E-state index contributed by atoms with van der Waals surface area (Å²) in [5.74, 6) is 0.585. The van der Waals surface area contributed by atoms with E-state index in [9.17, 15) is 18.8 Å². The van der Waals surface area contributed by atoms with Crippen LogP contribution >= 0.6 is 0 Å². The predicted octanol–water partition coefficient (Wildman–Crippen LogP) is 0.670. The van der Waals surface area contributed by atoms with E-state index in [0.29, 0.717) is 38.5 Å². The lowest BCUT2D eigenvalue weighted by molar-refractivity contribution is -0.917. The summed E-state index contributed by atoms with van der Waals surface area (Å²) in [5.41, 5.74) is 1.95. The number of nitrogens with one attached hydrogen (secondary N) is 1. The number of methoxy groups -OCH3 is 1. The van der Waals surface area contributed by atoms with Gasteiger partial charge in [0.05, 0.1) is 49.3 Å². The lowest BCUT2D eigenvalue weighted by Gasteiger charge is -2.32. The molecular formula is C20H24N3O4S+. The first-order valence-electron chi connectivity index (χ1n) is 9.06. The zero-order valence-corrected chi connectivity index (χ0v) is 16.8. The summed E-state index contributed by atoms with van der Waals surface area (Å²) in [6.45, 7) is 4.49. The quantitative estimate of drug-likeness (QED) is 0.767. The maximum Gasteiger partial charge on any atom is 0.244 e. The van der Waals surface area contributed by atoms with Crippen LogP contribution in [0.15, 0.2) is 41.3 Å². The van der Waals surface area contributed by atoms with Crippen LogP contribution in [0.1, 0.15) is 16.7 Å². The van der Waals surface area contributed by atoms with E-state index in [0.717, 1.165) is 11.1 Å². The predicted molar refractivity (Wildman–Crippen MR) is 104 cm³/mol. The Kier molecular flexibility index (Phi) is 5.89. The summed E-state index contributed by atoms with van der Waals surface area (Å²) in [6, 6.07) is 11.9. The van der Waals surface area contributed by atoms with E-state index in [1.54, 1.807) is 18.2 Å². The Labute approximate surface area is 165 Å². The number of hydrogen-bond donors (Lipinski definition) is 2. The van der Waals surface area contributed by atoms with Crippen molar-refractivity contribution < 1.29 is 23.2 Å². The zero-order chi connectivity index (χ0) is 20.3. The third-order valence-electron chi connectivity index (χ3n) is 5.01. The third kappa shape index (κ3) is 3.97. The Balaban J connectivity index is 1.72. The number of nitrogens with zero attached hydrogens (tertiary/aromatic N) is 2. The van der Waals surface area contributed by atoms with Crippen molar-refractivity contribution in [3.63, 3.8) is 0 Å². The Morgan fingerprint density at radius 2 is 1.93 bits per heavy atom. The SMILES string of the molecule is COc1cc(C)cc(C[NH+]2CCN(S(=O)(=O)c3ccccc3C#N)CC2)c1O. The molecule has 3 rings (SSSR count). The second kappa shape index (κ2) is 8.19. The first-order valence-corrected chi connectivity index (χ1v) is 10.5. The second-order valence-corrected chi connectivity index (χ2v) is 8.82. The highest BCUT2D eigenvalue weighted by Crippen LogP contribution is 2.30. The number of nitriles is 1. The second-order valence-electron chi connectivity index (χ2n) is 6.91. The molecule has 1 aliphatic heterocycles. The van der Waals surface area contributed by atoms with E-state index in [2.05, 4.69) is 0 Å². The van der Waals surface area contributed by atoms with Crippen LogP contribution < -0.4 is 9.64 Å². The first kappa shape index (κ1) is 20.1. The van der Waals surface area contributed by atoms with Crippen molar-refractivity contribution in [3.05, 3.63) is 53.1 Å². The number of hydrogen-bond acceptors (Lipinski definition) is 5. The molecule has 0 aromatic heterocycles. The molecule has 2 N–H and O–H groups in total. The Bertz CT molecular complexity index is 1010. The van der Waals surface area contributed by atoms with Gasteiger partial charge in [0, 0.05) is 0 Å². The van der Waals surface area contributed by atoms with E-state index < -0.39 is 10.0 Å². The average Bonchev–Trinajstić information content (AvgIpc) is 2.70. The molecule has 1 saturated heterocycles. The van der Waals surface area contributed by atoms with E-state index in [1.807, 2.05) is 19.1 Å². The first-order chi connectivity index (χ1) is 13.4. The van der Waals surface area contributed by atoms with Gasteiger partial charge < -0.3 is 14.7 Å². The minimum atomic E-state index is -3.70. The topological polar surface area (TPSA) is 95.1 Å². The van der Waals surface area contributed by atoms with Crippen LogP contribution in [-0.2, 0) is 16.6 Å². The lowest BCUT2D eigenvalue weighted by atomic mass is 10.1. The number of phenols is 1. The molecule has 1 heterocycles. The highest BCUT2D eigenvalue weighted by Gasteiger charge is 2.32. The van der Waals surface area contributed by atoms with Crippen molar-refractivity contribution >= 4 is 10.0 Å². The maximum atomic E-state index is 12.9. The molecule has 0 unspecified atom stereocenters. The third-order valence-corrected chi connectivity index (χ3v) is 6.97. The standard InChI is InChI=1S/C20H23N3O4S/c1-15-11-17(20(24)18(12-15)27-2)14-22-7-9-23(10-8-22)28(25,26)19-6-4-3-5-16(19)13-21/h3-6,11-12,24H,7-10,14H2,1-2H3/p+1. The number of aryl methyl sites for hydroxylation is 1. The summed E-state index contributed by atoms with van der Waals surface area (Å²) >= 11 is 0. The van der Waals surface area contributed by atoms with Gasteiger partial charge in [0.25, 0.3) is 0 Å². The van der Waals surface area contributed by atoms with Crippen molar-refractivity contribution in [1.82, 2.24) is 4.31 Å². The number of piperazine rings is 1. The van der Waals surface area contributed by atoms with Crippen molar-refractivity contribution in [3.8, 4) is 17.6 Å². The van der Waals surface area contributed by atoms with E-state index >= 15 is 0 Å². The largest absolute Gasteiger partial charge is 0.504 e. The fourth-order valence-electron chi connectivity index (χ4n) is 3.52. The number of ether oxygens (including phenoxy) is 1. The van der Waals surface area contributed by atoms with Gasteiger partial charge in [0.2, 0.25) is 10.0 Å². The highest BCUT2D eigenvalue weighted by molar-refractivity contribution is 7.89. The number of benzene rings is 2. The van der Waals surface area contributed by atoms with E-state index in [1.165, 1.54) is 28.4 Å². The fraction of sp³-hybridized carbons (Fsp3) is 0.350. The molecule has 0 aliphatic carbocycles. The lowest BCUT2D eigenvalue weighted by Crippen LogP contribution is -3.13. The summed E-state index contributed by atoms with van der Waals surface area (Å²) in [7, 11) is -2.18. The molecule has 28 heavy (non-hydrogen) atoms. The van der Waals surface area contributed by atoms with Crippen LogP contribution in [0, 0.1) is 18.3 Å². The number of sulfonamides is 1. The molecule has 0 amide bonds. The maximum absolute atomic E-state index is 12.9. The van der Waals surface area contributed by atoms with Crippen LogP contribution in [0.4, 0.5) is 0 Å². The number of aromatic hydroxyl groups is 1. The van der Waals surface area contributed by atoms with Gasteiger partial charge in [0.1, 0.15) is 12.6 Å². The average molecular weight is 402 g/mol. The smallest absolute Gasteiger partial charge is 0.244 e. The van der Waals surface area contributed by atoms with Gasteiger partial charge in [-0.3, -0.25) is 0 Å². The highest BCUT2D eigenvalue weighted by atomic mass is 32.2. The molecule has 1 aliphatic rings. The summed E-state index contributed by atoms with van der Waals surface area (Å²) in [6.07, 6.45) is 0. The zero-order valence-electron chi connectivity index (χ0n) is 16.0. The summed E-state index contributed by atoms with van der Waals surface area (Å²) in [4.78, 5) is 1.24. The molecule has 7 nitrogen and oxygen atoms in total. The van der Waals surface area contributed by atoms with Gasteiger partial charge in [0.15, 0.2) is 11.5 Å². The van der Waals surface area contributed by atoms with Gasteiger partial charge in [-0.2, -0.15) is 9.57 Å². The van der Waals surface area contributed by atoms with Gasteiger partial charge in [-0.05, 0) is 36.8 Å². The fourth-order valence-corrected chi connectivity index (χ4v) is 5.10. The number of rotatable bonds is 5. The van der Waals surface area contributed by atoms with E-state index in [-0.39, 0.29) is 16.2 Å². The Morgan fingerprint density at radius 1 is 1.25 bits per heavy atom. The molecular weight excluding hydrogens is 378 g/mol. The number of phenolic OH excluding ortho intramolecular Hbond substituents is 1. The van der Waals surface area contributed by atoms with Gasteiger partial charge in [-0.15, -0.1) is 0 Å². The van der Waals surface area contributed by atoms with Crippen LogP contribution in [0.3, 0.4) is 0 Å².